The van der Waals surface area contributed by atoms with Gasteiger partial charge < -0.3 is 5.11 Å². The summed E-state index contributed by atoms with van der Waals surface area (Å²) in [6.45, 7) is 2.49. The van der Waals surface area contributed by atoms with Crippen molar-refractivity contribution in [1.29, 1.82) is 0 Å². The minimum absolute atomic E-state index is 0.195. The van der Waals surface area contributed by atoms with Crippen LogP contribution in [0.4, 0.5) is 0 Å². The van der Waals surface area contributed by atoms with Crippen molar-refractivity contribution in [2.75, 3.05) is 0 Å². The van der Waals surface area contributed by atoms with Crippen molar-refractivity contribution in [2.24, 2.45) is 0 Å². The summed E-state index contributed by atoms with van der Waals surface area (Å²) >= 11 is 0. The lowest BCUT2D eigenvalue weighted by Gasteiger charge is -2.04. The van der Waals surface area contributed by atoms with Gasteiger partial charge in [0.1, 0.15) is 0 Å². The van der Waals surface area contributed by atoms with Gasteiger partial charge in [0.2, 0.25) is 0 Å². The van der Waals surface area contributed by atoms with Crippen LogP contribution in [-0.2, 0) is 11.3 Å². The van der Waals surface area contributed by atoms with Gasteiger partial charge in [-0.05, 0) is 25.3 Å². The molecule has 0 saturated carbocycles. The average Bonchev–Trinajstić information content (AvgIpc) is 2.22. The second-order valence-electron chi connectivity index (χ2n) is 3.81. The number of unbranched alkanes of at least 4 members (excludes halogenated alkanes) is 2. The highest BCUT2D eigenvalue weighted by molar-refractivity contribution is 5.66. The van der Waals surface area contributed by atoms with Crippen molar-refractivity contribution >= 4 is 5.97 Å². The van der Waals surface area contributed by atoms with Crippen LogP contribution in [0.1, 0.15) is 31.2 Å². The summed E-state index contributed by atoms with van der Waals surface area (Å²) in [5.41, 5.74) is 0.703. The summed E-state index contributed by atoms with van der Waals surface area (Å²) in [5, 5.41) is 8.45. The third kappa shape index (κ3) is 4.25. The van der Waals surface area contributed by atoms with Crippen LogP contribution < -0.4 is 5.69 Å². The van der Waals surface area contributed by atoms with E-state index in [-0.39, 0.29) is 12.1 Å². The number of carboxylic acid groups (broad SMARTS) is 1. The standard InChI is InChI=1S/C11H16N2O3/c1-9-7-12-11(16)13(8-9)6-4-2-3-5-10(14)15/h7-8H,2-6H2,1H3,(H,14,15). The first kappa shape index (κ1) is 12.4. The molecule has 0 aliphatic rings. The summed E-state index contributed by atoms with van der Waals surface area (Å²) in [4.78, 5) is 25.3. The second kappa shape index (κ2) is 6.05. The lowest BCUT2D eigenvalue weighted by Crippen LogP contribution is -2.22. The molecule has 1 rings (SSSR count). The van der Waals surface area contributed by atoms with Crippen molar-refractivity contribution in [1.82, 2.24) is 9.55 Å². The molecule has 0 saturated heterocycles. The van der Waals surface area contributed by atoms with E-state index in [9.17, 15) is 9.59 Å². The first-order valence-corrected chi connectivity index (χ1v) is 5.34. The number of hydrogen-bond donors (Lipinski definition) is 1. The van der Waals surface area contributed by atoms with Crippen LogP contribution in [0.15, 0.2) is 17.2 Å². The van der Waals surface area contributed by atoms with Crippen LogP contribution in [0, 0.1) is 6.92 Å². The molecule has 0 aliphatic carbocycles. The molecule has 1 N–H and O–H groups in total. The van der Waals surface area contributed by atoms with E-state index in [4.69, 9.17) is 5.11 Å². The van der Waals surface area contributed by atoms with Crippen LogP contribution in [0.25, 0.3) is 0 Å². The average molecular weight is 224 g/mol. The number of aliphatic carboxylic acids is 1. The summed E-state index contributed by atoms with van der Waals surface area (Å²) in [6.07, 6.45) is 5.78. The van der Waals surface area contributed by atoms with Gasteiger partial charge in [-0.1, -0.05) is 6.42 Å². The number of rotatable bonds is 6. The third-order valence-electron chi connectivity index (χ3n) is 2.27. The van der Waals surface area contributed by atoms with Gasteiger partial charge >= 0.3 is 11.7 Å². The maximum atomic E-state index is 11.3. The first-order chi connectivity index (χ1) is 7.59. The molecule has 5 nitrogen and oxygen atoms in total. The fourth-order valence-electron chi connectivity index (χ4n) is 1.46. The fourth-order valence-corrected chi connectivity index (χ4v) is 1.46. The molecule has 1 heterocycles. The molecule has 0 radical (unpaired) electrons. The lowest BCUT2D eigenvalue weighted by atomic mass is 10.2. The van der Waals surface area contributed by atoms with E-state index in [1.165, 1.54) is 0 Å². The Balaban J connectivity index is 2.34. The topological polar surface area (TPSA) is 72.2 Å². The van der Waals surface area contributed by atoms with Crippen molar-refractivity contribution < 1.29 is 9.90 Å². The molecule has 0 spiro atoms. The van der Waals surface area contributed by atoms with E-state index < -0.39 is 5.97 Å². The molecule has 0 bridgehead atoms. The molecule has 5 heteroatoms. The van der Waals surface area contributed by atoms with Crippen LogP contribution in [0.3, 0.4) is 0 Å². The lowest BCUT2D eigenvalue weighted by molar-refractivity contribution is -0.137. The normalized spacial score (nSPS) is 10.3. The van der Waals surface area contributed by atoms with Crippen LogP contribution in [0.5, 0.6) is 0 Å². The summed E-state index contributed by atoms with van der Waals surface area (Å²) < 4.78 is 1.57. The molecule has 0 aliphatic heterocycles. The zero-order valence-electron chi connectivity index (χ0n) is 9.35. The smallest absolute Gasteiger partial charge is 0.347 e. The highest BCUT2D eigenvalue weighted by Crippen LogP contribution is 2.01. The third-order valence-corrected chi connectivity index (χ3v) is 2.27. The van der Waals surface area contributed by atoms with Gasteiger partial charge in [-0.25, -0.2) is 9.78 Å². The zero-order valence-corrected chi connectivity index (χ0v) is 9.35. The van der Waals surface area contributed by atoms with Crippen molar-refractivity contribution in [3.8, 4) is 0 Å². The SMILES string of the molecule is Cc1cnc(=O)n(CCCCCC(=O)O)c1. The largest absolute Gasteiger partial charge is 0.481 e. The van der Waals surface area contributed by atoms with Gasteiger partial charge in [-0.15, -0.1) is 0 Å². The predicted octanol–water partition coefficient (Wildman–Crippen LogP) is 1.20. The van der Waals surface area contributed by atoms with E-state index in [0.29, 0.717) is 13.0 Å². The summed E-state index contributed by atoms with van der Waals surface area (Å²) in [6, 6.07) is 0. The van der Waals surface area contributed by atoms with Gasteiger partial charge in [0.15, 0.2) is 0 Å². The Morgan fingerprint density at radius 2 is 2.19 bits per heavy atom. The van der Waals surface area contributed by atoms with E-state index in [0.717, 1.165) is 18.4 Å². The molecular formula is C11H16N2O3. The molecular weight excluding hydrogens is 208 g/mol. The Bertz CT molecular complexity index is 412. The van der Waals surface area contributed by atoms with Crippen LogP contribution in [-0.4, -0.2) is 20.6 Å². The van der Waals surface area contributed by atoms with Gasteiger partial charge in [0.25, 0.3) is 0 Å². The molecule has 0 amide bonds. The molecule has 16 heavy (non-hydrogen) atoms. The predicted molar refractivity (Wildman–Crippen MR) is 59.3 cm³/mol. The molecule has 0 atom stereocenters. The quantitative estimate of drug-likeness (QED) is 0.737. The Labute approximate surface area is 93.8 Å². The minimum atomic E-state index is -0.769. The molecule has 0 fully saturated rings. The van der Waals surface area contributed by atoms with Crippen LogP contribution >= 0.6 is 0 Å². The molecule has 0 aromatic carbocycles. The number of carbonyl (C=O) groups is 1. The van der Waals surface area contributed by atoms with Crippen LogP contribution in [0.2, 0.25) is 0 Å². The monoisotopic (exact) mass is 224 g/mol. The second-order valence-corrected chi connectivity index (χ2v) is 3.81. The van der Waals surface area contributed by atoms with Crippen molar-refractivity contribution in [2.45, 2.75) is 39.2 Å². The number of carboxylic acids is 1. The maximum absolute atomic E-state index is 11.3. The van der Waals surface area contributed by atoms with Gasteiger partial charge in [0.05, 0.1) is 0 Å². The van der Waals surface area contributed by atoms with Gasteiger partial charge in [-0.3, -0.25) is 9.36 Å². The Morgan fingerprint density at radius 3 is 2.88 bits per heavy atom. The molecule has 1 aromatic rings. The fraction of sp³-hybridized carbons (Fsp3) is 0.545. The Kier molecular flexibility index (Phi) is 4.69. The minimum Gasteiger partial charge on any atom is -0.481 e. The highest BCUT2D eigenvalue weighted by atomic mass is 16.4. The van der Waals surface area contributed by atoms with E-state index in [1.54, 1.807) is 17.0 Å². The molecule has 1 aromatic heterocycles. The van der Waals surface area contributed by atoms with Crippen molar-refractivity contribution in [3.63, 3.8) is 0 Å². The highest BCUT2D eigenvalue weighted by Gasteiger charge is 1.99. The first-order valence-electron chi connectivity index (χ1n) is 5.34. The van der Waals surface area contributed by atoms with Gasteiger partial charge in [0, 0.05) is 25.4 Å². The summed E-state index contributed by atoms with van der Waals surface area (Å²) in [7, 11) is 0. The molecule has 0 unspecified atom stereocenters. The van der Waals surface area contributed by atoms with E-state index in [1.807, 2.05) is 6.92 Å². The number of aromatic nitrogens is 2. The van der Waals surface area contributed by atoms with E-state index in [2.05, 4.69) is 4.98 Å². The zero-order chi connectivity index (χ0) is 12.0. The molecule has 88 valence electrons. The number of nitrogens with zero attached hydrogens (tertiary/aromatic N) is 2. The number of aryl methyl sites for hydroxylation is 2. The summed E-state index contributed by atoms with van der Waals surface area (Å²) in [5.74, 6) is -0.769. The Morgan fingerprint density at radius 1 is 1.44 bits per heavy atom. The van der Waals surface area contributed by atoms with Crippen molar-refractivity contribution in [3.05, 3.63) is 28.4 Å². The number of hydrogen-bond acceptors (Lipinski definition) is 3. The van der Waals surface area contributed by atoms with E-state index >= 15 is 0 Å². The Hall–Kier alpha value is -1.65. The maximum Gasteiger partial charge on any atom is 0.347 e. The van der Waals surface area contributed by atoms with Gasteiger partial charge in [-0.2, -0.15) is 0 Å².